The minimum Gasteiger partial charge on any atom is -0.313 e. The lowest BCUT2D eigenvalue weighted by molar-refractivity contribution is 0.316. The van der Waals surface area contributed by atoms with E-state index in [2.05, 4.69) is 31.1 Å². The summed E-state index contributed by atoms with van der Waals surface area (Å²) in [6.45, 7) is 6.45. The lowest BCUT2D eigenvalue weighted by Gasteiger charge is -2.26. The van der Waals surface area contributed by atoms with Gasteiger partial charge in [-0.2, -0.15) is 0 Å². The molecule has 15 heavy (non-hydrogen) atoms. The third kappa shape index (κ3) is 3.59. The molecule has 0 amide bonds. The normalized spacial score (nSPS) is 13.9. The Balaban J connectivity index is 2.88. The fourth-order valence-corrected chi connectivity index (χ4v) is 1.65. The van der Waals surface area contributed by atoms with Crippen molar-refractivity contribution in [3.63, 3.8) is 0 Å². The predicted molar refractivity (Wildman–Crippen MR) is 60.1 cm³/mol. The summed E-state index contributed by atoms with van der Waals surface area (Å²) in [4.78, 5) is 3.76. The van der Waals surface area contributed by atoms with Crippen LogP contribution in [0.2, 0.25) is 0 Å². The fourth-order valence-electron chi connectivity index (χ4n) is 1.65. The summed E-state index contributed by atoms with van der Waals surface area (Å²) in [5.41, 5.74) is 0.867. The average molecular weight is 210 g/mol. The van der Waals surface area contributed by atoms with E-state index < -0.39 is 0 Å². The number of hydrogen-bond acceptors (Lipinski definition) is 2. The van der Waals surface area contributed by atoms with E-state index in [1.165, 1.54) is 6.20 Å². The fraction of sp³-hybridized carbons (Fsp3) is 0.583. The number of rotatable bonds is 3. The molecule has 0 saturated carbocycles. The summed E-state index contributed by atoms with van der Waals surface area (Å²) in [5, 5.41) is 3.15. The van der Waals surface area contributed by atoms with Crippen LogP contribution in [0.25, 0.3) is 0 Å². The molecule has 0 aliphatic heterocycles. The molecule has 84 valence electrons. The zero-order valence-corrected chi connectivity index (χ0v) is 9.84. The van der Waals surface area contributed by atoms with Crippen LogP contribution in [0, 0.1) is 11.2 Å². The quantitative estimate of drug-likeness (QED) is 0.829. The lowest BCUT2D eigenvalue weighted by Crippen LogP contribution is -2.23. The molecule has 0 radical (unpaired) electrons. The van der Waals surface area contributed by atoms with Gasteiger partial charge in [-0.15, -0.1) is 0 Å². The first-order chi connectivity index (χ1) is 6.94. The van der Waals surface area contributed by atoms with Crippen molar-refractivity contribution in [3.05, 3.63) is 29.8 Å². The number of halogens is 1. The highest BCUT2D eigenvalue weighted by atomic mass is 19.1. The Hall–Kier alpha value is -0.960. The maximum Gasteiger partial charge on any atom is 0.146 e. The Morgan fingerprint density at radius 3 is 2.60 bits per heavy atom. The molecule has 1 unspecified atom stereocenters. The third-order valence-corrected chi connectivity index (χ3v) is 2.34. The van der Waals surface area contributed by atoms with E-state index in [-0.39, 0.29) is 17.3 Å². The first-order valence-corrected chi connectivity index (χ1v) is 5.21. The zero-order chi connectivity index (χ0) is 11.5. The van der Waals surface area contributed by atoms with Crippen molar-refractivity contribution in [2.24, 2.45) is 5.41 Å². The van der Waals surface area contributed by atoms with Crippen molar-refractivity contribution < 1.29 is 4.39 Å². The second-order valence-electron chi connectivity index (χ2n) is 5.00. The van der Waals surface area contributed by atoms with E-state index in [1.807, 2.05) is 7.05 Å². The number of nitrogens with one attached hydrogen (secondary N) is 1. The summed E-state index contributed by atoms with van der Waals surface area (Å²) in [6.07, 6.45) is 3.79. The Morgan fingerprint density at radius 2 is 2.13 bits per heavy atom. The molecule has 1 heterocycles. The number of hydrogen-bond donors (Lipinski definition) is 1. The van der Waals surface area contributed by atoms with Gasteiger partial charge in [0.1, 0.15) is 5.82 Å². The number of aromatic nitrogens is 1. The molecule has 0 spiro atoms. The molecule has 0 aliphatic rings. The van der Waals surface area contributed by atoms with Gasteiger partial charge >= 0.3 is 0 Å². The van der Waals surface area contributed by atoms with Gasteiger partial charge in [-0.1, -0.05) is 20.8 Å². The van der Waals surface area contributed by atoms with Crippen LogP contribution in [0.1, 0.15) is 38.8 Å². The molecule has 2 nitrogen and oxygen atoms in total. The first kappa shape index (κ1) is 12.1. The number of pyridine rings is 1. The Labute approximate surface area is 90.9 Å². The summed E-state index contributed by atoms with van der Waals surface area (Å²) in [6, 6.07) is 1.79. The van der Waals surface area contributed by atoms with Gasteiger partial charge in [0.05, 0.1) is 6.20 Å². The van der Waals surface area contributed by atoms with E-state index in [1.54, 1.807) is 12.3 Å². The van der Waals surface area contributed by atoms with Gasteiger partial charge in [-0.05, 0) is 24.9 Å². The van der Waals surface area contributed by atoms with Crippen molar-refractivity contribution in [1.29, 1.82) is 0 Å². The van der Waals surface area contributed by atoms with Gasteiger partial charge < -0.3 is 5.32 Å². The Kier molecular flexibility index (Phi) is 3.80. The van der Waals surface area contributed by atoms with Crippen LogP contribution in [0.5, 0.6) is 0 Å². The summed E-state index contributed by atoms with van der Waals surface area (Å²) in [5.74, 6) is -0.235. The molecular weight excluding hydrogens is 191 g/mol. The second kappa shape index (κ2) is 4.71. The van der Waals surface area contributed by atoms with Gasteiger partial charge in [-0.3, -0.25) is 4.98 Å². The van der Waals surface area contributed by atoms with Gasteiger partial charge in [0, 0.05) is 17.8 Å². The highest BCUT2D eigenvalue weighted by Crippen LogP contribution is 2.29. The molecule has 3 heteroatoms. The molecule has 0 bridgehead atoms. The summed E-state index contributed by atoms with van der Waals surface area (Å²) >= 11 is 0. The van der Waals surface area contributed by atoms with Crippen LogP contribution >= 0.6 is 0 Å². The van der Waals surface area contributed by atoms with Crippen molar-refractivity contribution >= 4 is 0 Å². The minimum absolute atomic E-state index is 0.0491. The molecule has 1 N–H and O–H groups in total. The van der Waals surface area contributed by atoms with Crippen LogP contribution < -0.4 is 5.32 Å². The largest absolute Gasteiger partial charge is 0.313 e. The zero-order valence-electron chi connectivity index (χ0n) is 9.84. The van der Waals surface area contributed by atoms with E-state index in [4.69, 9.17) is 0 Å². The molecule has 1 aromatic rings. The molecule has 1 atom stereocenters. The molecule has 0 aromatic carbocycles. The Bertz CT molecular complexity index is 318. The first-order valence-electron chi connectivity index (χ1n) is 5.21. The van der Waals surface area contributed by atoms with E-state index in [0.29, 0.717) is 5.56 Å². The molecular formula is C12H19FN2. The smallest absolute Gasteiger partial charge is 0.146 e. The van der Waals surface area contributed by atoms with Crippen LogP contribution in [-0.2, 0) is 0 Å². The third-order valence-electron chi connectivity index (χ3n) is 2.34. The molecule has 0 saturated heterocycles. The van der Waals surface area contributed by atoms with Crippen molar-refractivity contribution in [3.8, 4) is 0 Å². The van der Waals surface area contributed by atoms with Crippen molar-refractivity contribution in [2.75, 3.05) is 7.05 Å². The van der Waals surface area contributed by atoms with Gasteiger partial charge in [0.2, 0.25) is 0 Å². The maximum absolute atomic E-state index is 13.5. The van der Waals surface area contributed by atoms with Gasteiger partial charge in [0.25, 0.3) is 0 Å². The lowest BCUT2D eigenvalue weighted by atomic mass is 9.85. The highest BCUT2D eigenvalue weighted by Gasteiger charge is 2.20. The van der Waals surface area contributed by atoms with E-state index >= 15 is 0 Å². The van der Waals surface area contributed by atoms with Crippen LogP contribution in [0.3, 0.4) is 0 Å². The maximum atomic E-state index is 13.5. The van der Waals surface area contributed by atoms with Crippen LogP contribution in [-0.4, -0.2) is 12.0 Å². The van der Waals surface area contributed by atoms with Crippen molar-refractivity contribution in [1.82, 2.24) is 10.3 Å². The molecule has 1 rings (SSSR count). The van der Waals surface area contributed by atoms with E-state index in [0.717, 1.165) is 6.42 Å². The standard InChI is InChI=1S/C12H19FN2/c1-12(2,3)7-11(14-4)9-5-6-15-8-10(9)13/h5-6,8,11,14H,7H2,1-4H3. The monoisotopic (exact) mass is 210 g/mol. The SMILES string of the molecule is CNC(CC(C)(C)C)c1ccncc1F. The van der Waals surface area contributed by atoms with Gasteiger partial charge in [-0.25, -0.2) is 4.39 Å². The molecule has 0 aliphatic carbocycles. The second-order valence-corrected chi connectivity index (χ2v) is 5.00. The number of nitrogens with zero attached hydrogens (tertiary/aromatic N) is 1. The van der Waals surface area contributed by atoms with Crippen LogP contribution in [0.15, 0.2) is 18.5 Å². The molecule has 0 fully saturated rings. The highest BCUT2D eigenvalue weighted by molar-refractivity contribution is 5.17. The average Bonchev–Trinajstić information content (AvgIpc) is 2.14. The van der Waals surface area contributed by atoms with E-state index in [9.17, 15) is 4.39 Å². The molecule has 1 aromatic heterocycles. The van der Waals surface area contributed by atoms with Gasteiger partial charge in [0.15, 0.2) is 0 Å². The van der Waals surface area contributed by atoms with Crippen LogP contribution in [0.4, 0.5) is 4.39 Å². The Morgan fingerprint density at radius 1 is 1.47 bits per heavy atom. The van der Waals surface area contributed by atoms with Crippen molar-refractivity contribution in [2.45, 2.75) is 33.2 Å². The minimum atomic E-state index is -0.235. The summed E-state index contributed by atoms with van der Waals surface area (Å²) in [7, 11) is 1.86. The summed E-state index contributed by atoms with van der Waals surface area (Å²) < 4.78 is 13.5. The predicted octanol–water partition coefficient (Wildman–Crippen LogP) is 2.92. The topological polar surface area (TPSA) is 24.9 Å².